The highest BCUT2D eigenvalue weighted by atomic mass is 35.5. The zero-order chi connectivity index (χ0) is 20.1. The van der Waals surface area contributed by atoms with Gasteiger partial charge in [-0.25, -0.2) is 4.98 Å². The molecule has 0 radical (unpaired) electrons. The Labute approximate surface area is 172 Å². The van der Waals surface area contributed by atoms with Crippen molar-refractivity contribution in [2.45, 2.75) is 52.5 Å². The second-order valence-electron chi connectivity index (χ2n) is 7.35. The van der Waals surface area contributed by atoms with E-state index in [2.05, 4.69) is 19.2 Å². The predicted octanol–water partition coefficient (Wildman–Crippen LogP) is 6.56. The van der Waals surface area contributed by atoms with Crippen LogP contribution in [-0.4, -0.2) is 16.9 Å². The molecule has 3 nitrogen and oxygen atoms in total. The molecule has 4 heteroatoms. The van der Waals surface area contributed by atoms with Gasteiger partial charge in [0.1, 0.15) is 0 Å². The van der Waals surface area contributed by atoms with E-state index in [0.717, 1.165) is 40.6 Å². The zero-order valence-corrected chi connectivity index (χ0v) is 17.5. The highest BCUT2D eigenvalue weighted by molar-refractivity contribution is 6.30. The van der Waals surface area contributed by atoms with Crippen molar-refractivity contribution in [2.75, 3.05) is 0 Å². The third-order valence-electron chi connectivity index (χ3n) is 5.10. The first-order chi connectivity index (χ1) is 13.5. The van der Waals surface area contributed by atoms with Crippen LogP contribution >= 0.6 is 11.6 Å². The molecule has 0 saturated heterocycles. The van der Waals surface area contributed by atoms with E-state index in [1.807, 2.05) is 55.5 Å². The number of benzene rings is 2. The fraction of sp³-hybridized carbons (Fsp3) is 0.333. The molecular formula is C24H27ClN2O. The van der Waals surface area contributed by atoms with Crippen molar-refractivity contribution >= 4 is 28.4 Å². The molecule has 1 amide bonds. The number of aromatic nitrogens is 1. The lowest BCUT2D eigenvalue weighted by Crippen LogP contribution is -2.33. The molecule has 3 aromatic rings. The van der Waals surface area contributed by atoms with E-state index in [0.29, 0.717) is 10.6 Å². The zero-order valence-electron chi connectivity index (χ0n) is 16.8. The number of hydrogen-bond acceptors (Lipinski definition) is 2. The number of fused-ring (bicyclic) bond motifs is 1. The Kier molecular flexibility index (Phi) is 6.69. The standard InChI is InChI=1S/C24H27ClN2O/c1-4-5-6-9-16(2)26-24(28)22-17(3)23(18-12-14-19(25)15-13-18)27-21-11-8-7-10-20(21)22/h7-8,10-16H,4-6,9H2,1-3H3,(H,26,28). The van der Waals surface area contributed by atoms with Gasteiger partial charge in [-0.15, -0.1) is 0 Å². The van der Waals surface area contributed by atoms with Gasteiger partial charge in [-0.2, -0.15) is 0 Å². The van der Waals surface area contributed by atoms with Gasteiger partial charge in [0.05, 0.1) is 16.8 Å². The second-order valence-corrected chi connectivity index (χ2v) is 7.79. The summed E-state index contributed by atoms with van der Waals surface area (Å²) in [6, 6.07) is 15.6. The topological polar surface area (TPSA) is 42.0 Å². The molecule has 1 aromatic heterocycles. The summed E-state index contributed by atoms with van der Waals surface area (Å²) in [6.45, 7) is 6.24. The van der Waals surface area contributed by atoms with Crippen molar-refractivity contribution < 1.29 is 4.79 Å². The van der Waals surface area contributed by atoms with Gasteiger partial charge in [0.15, 0.2) is 0 Å². The first-order valence-corrected chi connectivity index (χ1v) is 10.3. The van der Waals surface area contributed by atoms with Gasteiger partial charge in [0.25, 0.3) is 5.91 Å². The monoisotopic (exact) mass is 394 g/mol. The van der Waals surface area contributed by atoms with E-state index in [9.17, 15) is 4.79 Å². The predicted molar refractivity (Wildman–Crippen MR) is 118 cm³/mol. The van der Waals surface area contributed by atoms with Gasteiger partial charge >= 0.3 is 0 Å². The Balaban J connectivity index is 2.01. The van der Waals surface area contributed by atoms with Crippen molar-refractivity contribution in [1.29, 1.82) is 0 Å². The van der Waals surface area contributed by atoms with Gasteiger partial charge in [0.2, 0.25) is 0 Å². The Morgan fingerprint density at radius 1 is 1.11 bits per heavy atom. The number of unbranched alkanes of at least 4 members (excludes halogenated alkanes) is 2. The second kappa shape index (κ2) is 9.20. The van der Waals surface area contributed by atoms with Crippen molar-refractivity contribution in [2.24, 2.45) is 0 Å². The van der Waals surface area contributed by atoms with Crippen LogP contribution in [0.1, 0.15) is 55.5 Å². The Bertz CT molecular complexity index is 966. The average Bonchev–Trinajstić information content (AvgIpc) is 2.68. The van der Waals surface area contributed by atoms with Gasteiger partial charge in [-0.3, -0.25) is 4.79 Å². The van der Waals surface area contributed by atoms with Crippen LogP contribution in [0.3, 0.4) is 0 Å². The molecule has 2 aromatic carbocycles. The summed E-state index contributed by atoms with van der Waals surface area (Å²) in [6.07, 6.45) is 4.49. The summed E-state index contributed by atoms with van der Waals surface area (Å²) in [5, 5.41) is 4.75. The number of nitrogens with zero attached hydrogens (tertiary/aromatic N) is 1. The number of pyridine rings is 1. The van der Waals surface area contributed by atoms with Crippen LogP contribution in [0.15, 0.2) is 48.5 Å². The molecule has 1 unspecified atom stereocenters. The first-order valence-electron chi connectivity index (χ1n) is 9.97. The maximum Gasteiger partial charge on any atom is 0.252 e. The molecule has 28 heavy (non-hydrogen) atoms. The maximum atomic E-state index is 13.2. The minimum Gasteiger partial charge on any atom is -0.350 e. The van der Waals surface area contributed by atoms with Crippen molar-refractivity contribution in [1.82, 2.24) is 10.3 Å². The SMILES string of the molecule is CCCCCC(C)NC(=O)c1c(C)c(-c2ccc(Cl)cc2)nc2ccccc12. The van der Waals surface area contributed by atoms with Gasteiger partial charge < -0.3 is 5.32 Å². The maximum absolute atomic E-state index is 13.2. The fourth-order valence-corrected chi connectivity index (χ4v) is 3.68. The van der Waals surface area contributed by atoms with E-state index in [1.165, 1.54) is 12.8 Å². The molecule has 1 atom stereocenters. The lowest BCUT2D eigenvalue weighted by molar-refractivity contribution is 0.0939. The molecule has 0 aliphatic rings. The molecule has 0 spiro atoms. The van der Waals surface area contributed by atoms with Crippen LogP contribution in [0, 0.1) is 6.92 Å². The number of nitrogens with one attached hydrogen (secondary N) is 1. The number of carbonyl (C=O) groups excluding carboxylic acids is 1. The molecule has 0 fully saturated rings. The molecule has 0 bridgehead atoms. The Morgan fingerprint density at radius 3 is 2.54 bits per heavy atom. The Morgan fingerprint density at radius 2 is 1.82 bits per heavy atom. The molecule has 0 saturated carbocycles. The van der Waals surface area contributed by atoms with E-state index in [-0.39, 0.29) is 11.9 Å². The lowest BCUT2D eigenvalue weighted by Gasteiger charge is -2.18. The van der Waals surface area contributed by atoms with E-state index < -0.39 is 0 Å². The van der Waals surface area contributed by atoms with Crippen molar-refractivity contribution in [3.63, 3.8) is 0 Å². The summed E-state index contributed by atoms with van der Waals surface area (Å²) in [5.41, 5.74) is 4.19. The van der Waals surface area contributed by atoms with Crippen molar-refractivity contribution in [3.05, 3.63) is 64.7 Å². The van der Waals surface area contributed by atoms with Gasteiger partial charge in [-0.05, 0) is 44.0 Å². The summed E-state index contributed by atoms with van der Waals surface area (Å²) in [4.78, 5) is 18.0. The third kappa shape index (κ3) is 4.53. The number of para-hydroxylation sites is 1. The number of halogens is 1. The quantitative estimate of drug-likeness (QED) is 0.461. The summed E-state index contributed by atoms with van der Waals surface area (Å²) in [5.74, 6) is -0.0321. The van der Waals surface area contributed by atoms with Gasteiger partial charge in [-0.1, -0.05) is 68.1 Å². The van der Waals surface area contributed by atoms with Crippen molar-refractivity contribution in [3.8, 4) is 11.3 Å². The van der Waals surface area contributed by atoms with Gasteiger partial charge in [0, 0.05) is 22.0 Å². The first kappa shape index (κ1) is 20.3. The van der Waals surface area contributed by atoms with Crippen LogP contribution in [0.25, 0.3) is 22.2 Å². The van der Waals surface area contributed by atoms with Crippen LogP contribution in [0.4, 0.5) is 0 Å². The third-order valence-corrected chi connectivity index (χ3v) is 5.35. The summed E-state index contributed by atoms with van der Waals surface area (Å²) >= 11 is 6.04. The molecular weight excluding hydrogens is 368 g/mol. The van der Waals surface area contributed by atoms with Crippen LogP contribution in [-0.2, 0) is 0 Å². The highest BCUT2D eigenvalue weighted by Gasteiger charge is 2.20. The van der Waals surface area contributed by atoms with Crippen LogP contribution in [0.5, 0.6) is 0 Å². The summed E-state index contributed by atoms with van der Waals surface area (Å²) < 4.78 is 0. The number of rotatable bonds is 7. The lowest BCUT2D eigenvalue weighted by atomic mass is 9.97. The Hall–Kier alpha value is -2.39. The fourth-order valence-electron chi connectivity index (χ4n) is 3.56. The molecule has 3 rings (SSSR count). The molecule has 0 aliphatic carbocycles. The molecule has 1 heterocycles. The number of amides is 1. The highest BCUT2D eigenvalue weighted by Crippen LogP contribution is 2.30. The summed E-state index contributed by atoms with van der Waals surface area (Å²) in [7, 11) is 0. The van der Waals surface area contributed by atoms with E-state index >= 15 is 0 Å². The average molecular weight is 395 g/mol. The van der Waals surface area contributed by atoms with Crippen LogP contribution < -0.4 is 5.32 Å². The molecule has 1 N–H and O–H groups in total. The number of hydrogen-bond donors (Lipinski definition) is 1. The smallest absolute Gasteiger partial charge is 0.252 e. The minimum atomic E-state index is -0.0321. The number of carbonyl (C=O) groups is 1. The minimum absolute atomic E-state index is 0.0321. The normalized spacial score (nSPS) is 12.1. The van der Waals surface area contributed by atoms with E-state index in [1.54, 1.807) is 0 Å². The molecule has 146 valence electrons. The molecule has 0 aliphatic heterocycles. The largest absolute Gasteiger partial charge is 0.350 e. The van der Waals surface area contributed by atoms with Crippen LogP contribution in [0.2, 0.25) is 5.02 Å². The van der Waals surface area contributed by atoms with E-state index in [4.69, 9.17) is 16.6 Å².